The number of fused-ring (bicyclic) bond motifs is 3. The molecular formula is C15H21FN3O+. The summed E-state index contributed by atoms with van der Waals surface area (Å²) >= 11 is 0. The third kappa shape index (κ3) is 2.69. The highest BCUT2D eigenvalue weighted by Crippen LogP contribution is 2.20. The largest absolute Gasteiger partial charge is 0.321 e. The van der Waals surface area contributed by atoms with E-state index in [1.54, 1.807) is 19.1 Å². The number of carbonyl (C=O) groups excluding carboxylic acids is 1. The Labute approximate surface area is 118 Å². The van der Waals surface area contributed by atoms with Gasteiger partial charge < -0.3 is 9.80 Å². The number of nitrogens with zero attached hydrogens (tertiary/aromatic N) is 2. The molecule has 0 saturated carbocycles. The van der Waals surface area contributed by atoms with Gasteiger partial charge >= 0.3 is 0 Å². The fraction of sp³-hybridized carbons (Fsp3) is 0.533. The van der Waals surface area contributed by atoms with Gasteiger partial charge in [-0.05, 0) is 24.6 Å². The van der Waals surface area contributed by atoms with E-state index in [0.29, 0.717) is 17.8 Å². The molecule has 108 valence electrons. The maximum Gasteiger partial charge on any atom is 0.279 e. The lowest BCUT2D eigenvalue weighted by atomic mass is 10.1. The zero-order chi connectivity index (χ0) is 14.2. The van der Waals surface area contributed by atoms with Crippen molar-refractivity contribution in [2.45, 2.75) is 6.92 Å². The number of carbonyl (C=O) groups is 1. The first kappa shape index (κ1) is 13.5. The number of aryl methyl sites for hydroxylation is 1. The van der Waals surface area contributed by atoms with E-state index in [1.165, 1.54) is 6.07 Å². The average Bonchev–Trinajstić information content (AvgIpc) is 2.44. The fourth-order valence-electron chi connectivity index (χ4n) is 3.14. The lowest BCUT2D eigenvalue weighted by Crippen LogP contribution is -2.68. The number of benzene rings is 1. The van der Waals surface area contributed by atoms with E-state index in [9.17, 15) is 9.18 Å². The highest BCUT2D eigenvalue weighted by Gasteiger charge is 2.39. The minimum Gasteiger partial charge on any atom is -0.321 e. The third-order valence-electron chi connectivity index (χ3n) is 4.61. The quantitative estimate of drug-likeness (QED) is 0.843. The molecule has 4 rings (SSSR count). The summed E-state index contributed by atoms with van der Waals surface area (Å²) in [6.45, 7) is 8.64. The molecule has 2 bridgehead atoms. The molecule has 4 nitrogen and oxygen atoms in total. The highest BCUT2D eigenvalue weighted by atomic mass is 19.1. The number of anilines is 1. The Morgan fingerprint density at radius 1 is 1.30 bits per heavy atom. The van der Waals surface area contributed by atoms with Crippen LogP contribution in [0.4, 0.5) is 10.1 Å². The second kappa shape index (κ2) is 5.14. The summed E-state index contributed by atoms with van der Waals surface area (Å²) in [4.78, 5) is 14.6. The number of nitrogens with one attached hydrogen (secondary N) is 1. The summed E-state index contributed by atoms with van der Waals surface area (Å²) < 4.78 is 14.4. The second-order valence-electron chi connectivity index (χ2n) is 6.02. The number of hydrogen-bond donors (Lipinski definition) is 1. The summed E-state index contributed by atoms with van der Waals surface area (Å²) in [5.74, 6) is -0.287. The Morgan fingerprint density at radius 3 is 2.55 bits per heavy atom. The van der Waals surface area contributed by atoms with Crippen LogP contribution in [0.2, 0.25) is 0 Å². The van der Waals surface area contributed by atoms with Crippen molar-refractivity contribution in [2.24, 2.45) is 0 Å². The number of rotatable bonds is 3. The van der Waals surface area contributed by atoms with Crippen molar-refractivity contribution in [2.75, 3.05) is 51.1 Å². The molecule has 3 heterocycles. The number of amides is 1. The summed E-state index contributed by atoms with van der Waals surface area (Å²) in [6.07, 6.45) is 0. The summed E-state index contributed by atoms with van der Waals surface area (Å²) in [6, 6.07) is 4.84. The Hall–Kier alpha value is -1.46. The Kier molecular flexibility index (Phi) is 3.48. The first-order valence-corrected chi connectivity index (χ1v) is 7.20. The van der Waals surface area contributed by atoms with Crippen LogP contribution in [-0.4, -0.2) is 61.1 Å². The van der Waals surface area contributed by atoms with Crippen molar-refractivity contribution in [3.63, 3.8) is 0 Å². The summed E-state index contributed by atoms with van der Waals surface area (Å²) in [5, 5.41) is 2.83. The first-order valence-electron chi connectivity index (χ1n) is 7.20. The molecular weight excluding hydrogens is 257 g/mol. The van der Waals surface area contributed by atoms with Crippen LogP contribution >= 0.6 is 0 Å². The molecule has 3 aliphatic rings. The van der Waals surface area contributed by atoms with Gasteiger partial charge in [0.1, 0.15) is 5.82 Å². The fourth-order valence-corrected chi connectivity index (χ4v) is 3.14. The van der Waals surface area contributed by atoms with E-state index >= 15 is 0 Å². The van der Waals surface area contributed by atoms with Crippen LogP contribution in [0.15, 0.2) is 18.2 Å². The predicted octanol–water partition coefficient (Wildman–Crippen LogP) is 1.22. The summed E-state index contributed by atoms with van der Waals surface area (Å²) in [7, 11) is 0. The molecule has 20 heavy (non-hydrogen) atoms. The molecule has 5 heteroatoms. The zero-order valence-corrected chi connectivity index (χ0v) is 11.9. The summed E-state index contributed by atoms with van der Waals surface area (Å²) in [5.41, 5.74) is 1.14. The molecule has 3 fully saturated rings. The van der Waals surface area contributed by atoms with Gasteiger partial charge in [0.15, 0.2) is 6.54 Å². The van der Waals surface area contributed by atoms with Crippen LogP contribution in [0, 0.1) is 12.7 Å². The molecule has 0 radical (unpaired) electrons. The van der Waals surface area contributed by atoms with Crippen LogP contribution < -0.4 is 5.32 Å². The number of halogens is 1. The number of quaternary nitrogens is 1. The van der Waals surface area contributed by atoms with E-state index in [2.05, 4.69) is 10.2 Å². The van der Waals surface area contributed by atoms with E-state index in [-0.39, 0.29) is 11.7 Å². The second-order valence-corrected chi connectivity index (χ2v) is 6.02. The zero-order valence-electron chi connectivity index (χ0n) is 11.9. The predicted molar refractivity (Wildman–Crippen MR) is 75.9 cm³/mol. The third-order valence-corrected chi connectivity index (χ3v) is 4.61. The Bertz CT molecular complexity index is 510. The smallest absolute Gasteiger partial charge is 0.279 e. The monoisotopic (exact) mass is 278 g/mol. The normalized spacial score (nSPS) is 28.4. The van der Waals surface area contributed by atoms with Crippen LogP contribution in [0.5, 0.6) is 0 Å². The molecule has 1 amide bonds. The van der Waals surface area contributed by atoms with Crippen LogP contribution in [0.1, 0.15) is 5.56 Å². The van der Waals surface area contributed by atoms with Crippen molar-refractivity contribution in [1.82, 2.24) is 4.90 Å². The lowest BCUT2D eigenvalue weighted by molar-refractivity contribution is -0.933. The van der Waals surface area contributed by atoms with Crippen LogP contribution in [0.25, 0.3) is 0 Å². The van der Waals surface area contributed by atoms with Crippen molar-refractivity contribution in [1.29, 1.82) is 0 Å². The topological polar surface area (TPSA) is 32.3 Å². The van der Waals surface area contributed by atoms with Gasteiger partial charge in [0.05, 0.1) is 19.6 Å². The number of hydrogen-bond acceptors (Lipinski definition) is 2. The van der Waals surface area contributed by atoms with Gasteiger partial charge in [0, 0.05) is 25.3 Å². The molecule has 0 spiro atoms. The molecule has 0 atom stereocenters. The van der Waals surface area contributed by atoms with Gasteiger partial charge in [0.2, 0.25) is 0 Å². The van der Waals surface area contributed by atoms with Crippen LogP contribution in [0.3, 0.4) is 0 Å². The molecule has 1 N–H and O–H groups in total. The molecule has 1 aromatic rings. The van der Waals surface area contributed by atoms with Crippen molar-refractivity contribution in [3.05, 3.63) is 29.6 Å². The molecule has 1 aromatic carbocycles. The highest BCUT2D eigenvalue weighted by molar-refractivity contribution is 5.91. The van der Waals surface area contributed by atoms with Gasteiger partial charge in [-0.3, -0.25) is 9.69 Å². The maximum absolute atomic E-state index is 13.5. The minimum atomic E-state index is -0.276. The van der Waals surface area contributed by atoms with Gasteiger partial charge in [-0.1, -0.05) is 6.07 Å². The SMILES string of the molecule is Cc1ccc(NC(=O)C[N+]23CCN(CC2)CC3)cc1F. The maximum atomic E-state index is 13.5. The van der Waals surface area contributed by atoms with Crippen molar-refractivity contribution in [3.8, 4) is 0 Å². The van der Waals surface area contributed by atoms with Crippen molar-refractivity contribution >= 4 is 11.6 Å². The molecule has 0 unspecified atom stereocenters. The van der Waals surface area contributed by atoms with Gasteiger partial charge in [-0.15, -0.1) is 0 Å². The standard InChI is InChI=1S/C15H20FN3O/c1-12-2-3-13(10-14(12)16)17-15(20)11-19-7-4-18(5-8-19)6-9-19/h2-3,10H,4-9,11H2,1H3/p+1. The molecule has 0 aliphatic carbocycles. The van der Waals surface area contributed by atoms with Gasteiger partial charge in [0.25, 0.3) is 5.91 Å². The Morgan fingerprint density at radius 2 is 1.95 bits per heavy atom. The lowest BCUT2D eigenvalue weighted by Gasteiger charge is -2.50. The Balaban J connectivity index is 1.63. The van der Waals surface area contributed by atoms with Gasteiger partial charge in [-0.25, -0.2) is 4.39 Å². The van der Waals surface area contributed by atoms with E-state index in [4.69, 9.17) is 0 Å². The molecule has 3 aliphatic heterocycles. The average molecular weight is 278 g/mol. The first-order chi connectivity index (χ1) is 9.56. The van der Waals surface area contributed by atoms with E-state index in [1.807, 2.05) is 0 Å². The van der Waals surface area contributed by atoms with E-state index < -0.39 is 0 Å². The van der Waals surface area contributed by atoms with Crippen molar-refractivity contribution < 1.29 is 13.7 Å². The molecule has 3 saturated heterocycles. The van der Waals surface area contributed by atoms with Gasteiger partial charge in [-0.2, -0.15) is 0 Å². The van der Waals surface area contributed by atoms with E-state index in [0.717, 1.165) is 43.8 Å². The molecule has 0 aromatic heterocycles. The number of piperazine rings is 3. The minimum absolute atomic E-state index is 0.0106. The van der Waals surface area contributed by atoms with Crippen LogP contribution in [-0.2, 0) is 4.79 Å².